The van der Waals surface area contributed by atoms with Gasteiger partial charge in [0.2, 0.25) is 0 Å². The van der Waals surface area contributed by atoms with Crippen LogP contribution < -0.4 is 0 Å². The van der Waals surface area contributed by atoms with Gasteiger partial charge in [-0.3, -0.25) is 4.55 Å². The molecule has 0 radical (unpaired) electrons. The van der Waals surface area contributed by atoms with Crippen molar-refractivity contribution in [3.63, 3.8) is 0 Å². The molecule has 0 heterocycles. The molecule has 1 rings (SSSR count). The number of rotatable bonds is 3. The van der Waals surface area contributed by atoms with Crippen molar-refractivity contribution in [1.29, 1.82) is 0 Å². The number of hydrogen-bond donors (Lipinski definition) is 2. The molecule has 98 valence electrons. The number of aliphatic hydroxyl groups excluding tert-OH is 1. The summed E-state index contributed by atoms with van der Waals surface area (Å²) in [5, 5.41) is 8.92. The van der Waals surface area contributed by atoms with Crippen molar-refractivity contribution in [3.8, 4) is 0 Å². The zero-order valence-electron chi connectivity index (χ0n) is 10.1. The average molecular weight is 262 g/mol. The SMILES string of the molecule is COC(CO)c1ccc(C)cc1.CS(=O)(=O)O. The Balaban J connectivity index is 0.000000437. The van der Waals surface area contributed by atoms with Crippen molar-refractivity contribution in [3.05, 3.63) is 35.4 Å². The summed E-state index contributed by atoms with van der Waals surface area (Å²) in [5.41, 5.74) is 2.23. The first-order chi connectivity index (χ1) is 7.77. The van der Waals surface area contributed by atoms with Crippen LogP contribution in [0.3, 0.4) is 0 Å². The minimum absolute atomic E-state index is 0.0273. The standard InChI is InChI=1S/C10H14O2.CH4O3S/c1-8-3-5-9(6-4-8)10(7-11)12-2;1-5(2,3)4/h3-6,10-11H,7H2,1-2H3;1H3,(H,2,3,4). The molecule has 6 heteroatoms. The highest BCUT2D eigenvalue weighted by Gasteiger charge is 2.06. The normalized spacial score (nSPS) is 12.5. The van der Waals surface area contributed by atoms with E-state index in [0.717, 1.165) is 5.56 Å². The summed E-state index contributed by atoms with van der Waals surface area (Å²) in [6.45, 7) is 2.06. The summed E-state index contributed by atoms with van der Waals surface area (Å²) in [7, 11) is -2.07. The predicted octanol–water partition coefficient (Wildman–Crippen LogP) is 1.18. The summed E-state index contributed by atoms with van der Waals surface area (Å²) >= 11 is 0. The van der Waals surface area contributed by atoms with Crippen LogP contribution in [0.1, 0.15) is 17.2 Å². The van der Waals surface area contributed by atoms with Crippen molar-refractivity contribution < 1.29 is 22.8 Å². The highest BCUT2D eigenvalue weighted by molar-refractivity contribution is 7.85. The van der Waals surface area contributed by atoms with Gasteiger partial charge in [-0.1, -0.05) is 29.8 Å². The Hall–Kier alpha value is -0.950. The largest absolute Gasteiger partial charge is 0.393 e. The average Bonchev–Trinajstić information content (AvgIpc) is 2.20. The van der Waals surface area contributed by atoms with E-state index in [-0.39, 0.29) is 12.7 Å². The third-order valence-electron chi connectivity index (χ3n) is 1.90. The first-order valence-electron chi connectivity index (χ1n) is 4.90. The molecular weight excluding hydrogens is 244 g/mol. The van der Waals surface area contributed by atoms with E-state index >= 15 is 0 Å². The van der Waals surface area contributed by atoms with Gasteiger partial charge in [-0.2, -0.15) is 8.42 Å². The van der Waals surface area contributed by atoms with E-state index in [4.69, 9.17) is 14.4 Å². The van der Waals surface area contributed by atoms with Crippen molar-refractivity contribution in [2.24, 2.45) is 0 Å². The Kier molecular flexibility index (Phi) is 6.98. The molecule has 17 heavy (non-hydrogen) atoms. The van der Waals surface area contributed by atoms with Crippen LogP contribution in [0.5, 0.6) is 0 Å². The second-order valence-electron chi connectivity index (χ2n) is 3.55. The lowest BCUT2D eigenvalue weighted by molar-refractivity contribution is 0.0484. The molecule has 0 amide bonds. The fraction of sp³-hybridized carbons (Fsp3) is 0.455. The van der Waals surface area contributed by atoms with Crippen molar-refractivity contribution >= 4 is 10.1 Å². The molecule has 1 unspecified atom stereocenters. The first-order valence-corrected chi connectivity index (χ1v) is 6.75. The second-order valence-corrected chi connectivity index (χ2v) is 5.02. The van der Waals surface area contributed by atoms with Gasteiger partial charge in [0.25, 0.3) is 10.1 Å². The Bertz CT molecular complexity index is 398. The monoisotopic (exact) mass is 262 g/mol. The van der Waals surface area contributed by atoms with Gasteiger partial charge in [0.05, 0.1) is 12.9 Å². The molecular formula is C11H18O5S. The Morgan fingerprint density at radius 2 is 1.71 bits per heavy atom. The fourth-order valence-electron chi connectivity index (χ4n) is 1.10. The predicted molar refractivity (Wildman–Crippen MR) is 65.5 cm³/mol. The van der Waals surface area contributed by atoms with E-state index in [2.05, 4.69) is 0 Å². The van der Waals surface area contributed by atoms with Crippen LogP contribution in [0.4, 0.5) is 0 Å². The minimum Gasteiger partial charge on any atom is -0.393 e. The van der Waals surface area contributed by atoms with Crippen LogP contribution in [0.25, 0.3) is 0 Å². The van der Waals surface area contributed by atoms with Crippen LogP contribution in [-0.4, -0.2) is 38.0 Å². The van der Waals surface area contributed by atoms with Crippen LogP contribution in [-0.2, 0) is 14.9 Å². The molecule has 0 bridgehead atoms. The minimum atomic E-state index is -3.67. The number of methoxy groups -OCH3 is 1. The van der Waals surface area contributed by atoms with E-state index in [0.29, 0.717) is 6.26 Å². The number of aliphatic hydroxyl groups is 1. The van der Waals surface area contributed by atoms with Gasteiger partial charge in [-0.15, -0.1) is 0 Å². The number of benzene rings is 1. The van der Waals surface area contributed by atoms with E-state index in [1.54, 1.807) is 7.11 Å². The maximum Gasteiger partial charge on any atom is 0.261 e. The molecule has 0 spiro atoms. The topological polar surface area (TPSA) is 83.8 Å². The first kappa shape index (κ1) is 16.1. The van der Waals surface area contributed by atoms with E-state index < -0.39 is 10.1 Å². The van der Waals surface area contributed by atoms with Crippen LogP contribution in [0.2, 0.25) is 0 Å². The molecule has 0 aliphatic rings. The fourth-order valence-corrected chi connectivity index (χ4v) is 1.10. The zero-order chi connectivity index (χ0) is 13.5. The van der Waals surface area contributed by atoms with Crippen molar-refractivity contribution in [2.45, 2.75) is 13.0 Å². The van der Waals surface area contributed by atoms with E-state index in [1.807, 2.05) is 31.2 Å². The smallest absolute Gasteiger partial charge is 0.261 e. The van der Waals surface area contributed by atoms with Crippen LogP contribution in [0, 0.1) is 6.92 Å². The molecule has 1 atom stereocenters. The third-order valence-corrected chi connectivity index (χ3v) is 1.90. The lowest BCUT2D eigenvalue weighted by atomic mass is 10.1. The number of hydrogen-bond acceptors (Lipinski definition) is 4. The summed E-state index contributed by atoms with van der Waals surface area (Å²) in [5.74, 6) is 0. The molecule has 0 saturated heterocycles. The van der Waals surface area contributed by atoms with Gasteiger partial charge in [0.1, 0.15) is 6.10 Å². The maximum atomic E-state index is 9.19. The van der Waals surface area contributed by atoms with Crippen LogP contribution >= 0.6 is 0 Å². The van der Waals surface area contributed by atoms with E-state index in [9.17, 15) is 8.42 Å². The van der Waals surface area contributed by atoms with Gasteiger partial charge in [0, 0.05) is 7.11 Å². The molecule has 0 aliphatic carbocycles. The van der Waals surface area contributed by atoms with Gasteiger partial charge in [-0.05, 0) is 12.5 Å². The van der Waals surface area contributed by atoms with Gasteiger partial charge in [0.15, 0.2) is 0 Å². The second kappa shape index (κ2) is 7.39. The summed E-state index contributed by atoms with van der Waals surface area (Å²) in [6, 6.07) is 7.97. The molecule has 1 aromatic rings. The number of aryl methyl sites for hydroxylation is 1. The third kappa shape index (κ3) is 8.82. The van der Waals surface area contributed by atoms with Crippen molar-refractivity contribution in [2.75, 3.05) is 20.0 Å². The lowest BCUT2D eigenvalue weighted by Gasteiger charge is -2.12. The molecule has 1 aromatic carbocycles. The Labute approximate surface area is 102 Å². The van der Waals surface area contributed by atoms with Crippen LogP contribution in [0.15, 0.2) is 24.3 Å². The number of ether oxygens (including phenoxy) is 1. The van der Waals surface area contributed by atoms with Gasteiger partial charge in [-0.25, -0.2) is 0 Å². The molecule has 2 N–H and O–H groups in total. The molecule has 0 aliphatic heterocycles. The van der Waals surface area contributed by atoms with E-state index in [1.165, 1.54) is 5.56 Å². The quantitative estimate of drug-likeness (QED) is 0.799. The highest BCUT2D eigenvalue weighted by atomic mass is 32.2. The summed E-state index contributed by atoms with van der Waals surface area (Å²) < 4.78 is 30.9. The molecule has 0 saturated carbocycles. The van der Waals surface area contributed by atoms with Gasteiger partial charge >= 0.3 is 0 Å². The zero-order valence-corrected chi connectivity index (χ0v) is 10.9. The van der Waals surface area contributed by atoms with Crippen molar-refractivity contribution in [1.82, 2.24) is 0 Å². The molecule has 5 nitrogen and oxygen atoms in total. The Morgan fingerprint density at radius 3 is 2.00 bits per heavy atom. The summed E-state index contributed by atoms with van der Waals surface area (Å²) in [6.07, 6.45) is 0.526. The maximum absolute atomic E-state index is 9.19. The Morgan fingerprint density at radius 1 is 1.29 bits per heavy atom. The van der Waals surface area contributed by atoms with Gasteiger partial charge < -0.3 is 9.84 Å². The summed E-state index contributed by atoms with van der Waals surface area (Å²) in [4.78, 5) is 0. The highest BCUT2D eigenvalue weighted by Crippen LogP contribution is 2.15. The lowest BCUT2D eigenvalue weighted by Crippen LogP contribution is -2.05. The molecule has 0 aromatic heterocycles. The molecule has 0 fully saturated rings.